The SMILES string of the molecule is O=C(NCCC1CCCO1)N[C@@H](CO)C(=O)O. The van der Waals surface area contributed by atoms with E-state index < -0.39 is 24.6 Å². The molecular formula is C10H18N2O5. The Balaban J connectivity index is 2.13. The molecule has 1 rings (SSSR count). The van der Waals surface area contributed by atoms with Gasteiger partial charge in [-0.3, -0.25) is 0 Å². The first-order chi connectivity index (χ1) is 8.13. The van der Waals surface area contributed by atoms with Crippen LogP contribution in [0.3, 0.4) is 0 Å². The molecule has 0 aromatic rings. The quantitative estimate of drug-likeness (QED) is 0.495. The zero-order valence-corrected chi connectivity index (χ0v) is 9.52. The number of rotatable bonds is 6. The predicted molar refractivity (Wildman–Crippen MR) is 58.6 cm³/mol. The molecule has 0 aromatic heterocycles. The lowest BCUT2D eigenvalue weighted by molar-refractivity contribution is -0.140. The van der Waals surface area contributed by atoms with Crippen LogP contribution >= 0.6 is 0 Å². The summed E-state index contributed by atoms with van der Waals surface area (Å²) in [4.78, 5) is 21.8. The summed E-state index contributed by atoms with van der Waals surface area (Å²) >= 11 is 0. The van der Waals surface area contributed by atoms with Crippen molar-refractivity contribution in [2.45, 2.75) is 31.4 Å². The number of carboxylic acid groups (broad SMARTS) is 1. The number of aliphatic hydroxyl groups is 1. The van der Waals surface area contributed by atoms with Crippen LogP contribution in [0.25, 0.3) is 0 Å². The molecule has 2 atom stereocenters. The molecule has 1 heterocycles. The van der Waals surface area contributed by atoms with Crippen molar-refractivity contribution in [2.24, 2.45) is 0 Å². The number of hydrogen-bond acceptors (Lipinski definition) is 4. The fraction of sp³-hybridized carbons (Fsp3) is 0.800. The minimum Gasteiger partial charge on any atom is -0.480 e. The molecule has 2 amide bonds. The fourth-order valence-electron chi connectivity index (χ4n) is 1.61. The Bertz CT molecular complexity index is 265. The third-order valence-corrected chi connectivity index (χ3v) is 2.56. The van der Waals surface area contributed by atoms with E-state index in [2.05, 4.69) is 10.6 Å². The van der Waals surface area contributed by atoms with Crippen LogP contribution in [0.1, 0.15) is 19.3 Å². The van der Waals surface area contributed by atoms with E-state index in [1.54, 1.807) is 0 Å². The standard InChI is InChI=1S/C10H18N2O5/c13-6-8(9(14)15)12-10(16)11-4-3-7-2-1-5-17-7/h7-8,13H,1-6H2,(H,14,15)(H2,11,12,16)/t7?,8-/m0/s1. The maximum Gasteiger partial charge on any atom is 0.328 e. The first-order valence-electron chi connectivity index (χ1n) is 5.63. The number of aliphatic hydroxyl groups excluding tert-OH is 1. The van der Waals surface area contributed by atoms with E-state index in [9.17, 15) is 9.59 Å². The molecule has 1 fully saturated rings. The number of carbonyl (C=O) groups excluding carboxylic acids is 1. The van der Waals surface area contributed by atoms with Gasteiger partial charge in [0.25, 0.3) is 0 Å². The van der Waals surface area contributed by atoms with E-state index in [0.717, 1.165) is 19.4 Å². The van der Waals surface area contributed by atoms with Crippen molar-refractivity contribution in [3.8, 4) is 0 Å². The molecule has 7 heteroatoms. The highest BCUT2D eigenvalue weighted by atomic mass is 16.5. The lowest BCUT2D eigenvalue weighted by Gasteiger charge is -2.14. The Morgan fingerprint density at radius 3 is 2.76 bits per heavy atom. The molecule has 0 saturated carbocycles. The van der Waals surface area contributed by atoms with E-state index >= 15 is 0 Å². The molecule has 0 spiro atoms. The highest BCUT2D eigenvalue weighted by molar-refractivity contribution is 5.82. The first-order valence-corrected chi connectivity index (χ1v) is 5.63. The van der Waals surface area contributed by atoms with Crippen LogP contribution in [0, 0.1) is 0 Å². The van der Waals surface area contributed by atoms with Gasteiger partial charge in [-0.1, -0.05) is 0 Å². The monoisotopic (exact) mass is 246 g/mol. The van der Waals surface area contributed by atoms with Gasteiger partial charge in [-0.2, -0.15) is 0 Å². The molecule has 0 radical (unpaired) electrons. The molecular weight excluding hydrogens is 228 g/mol. The zero-order chi connectivity index (χ0) is 12.7. The number of hydrogen-bond donors (Lipinski definition) is 4. The van der Waals surface area contributed by atoms with Crippen LogP contribution in [0.4, 0.5) is 4.79 Å². The molecule has 4 N–H and O–H groups in total. The van der Waals surface area contributed by atoms with Crippen molar-refractivity contribution in [3.63, 3.8) is 0 Å². The van der Waals surface area contributed by atoms with Crippen LogP contribution in [-0.2, 0) is 9.53 Å². The average Bonchev–Trinajstić information content (AvgIpc) is 2.78. The van der Waals surface area contributed by atoms with E-state index in [1.807, 2.05) is 0 Å². The third-order valence-electron chi connectivity index (χ3n) is 2.56. The maximum absolute atomic E-state index is 11.3. The van der Waals surface area contributed by atoms with E-state index in [0.29, 0.717) is 13.0 Å². The Kier molecular flexibility index (Phi) is 5.71. The number of urea groups is 1. The number of carbonyl (C=O) groups is 2. The van der Waals surface area contributed by atoms with Crippen molar-refractivity contribution in [1.29, 1.82) is 0 Å². The largest absolute Gasteiger partial charge is 0.480 e. The van der Waals surface area contributed by atoms with Crippen LogP contribution in [0.2, 0.25) is 0 Å². The summed E-state index contributed by atoms with van der Waals surface area (Å²) in [5.74, 6) is -1.26. The Labute approximate surface area is 99.1 Å². The molecule has 1 aliphatic rings. The van der Waals surface area contributed by atoms with Gasteiger partial charge in [0.1, 0.15) is 0 Å². The smallest absolute Gasteiger partial charge is 0.328 e. The number of amides is 2. The summed E-state index contributed by atoms with van der Waals surface area (Å²) in [6, 6.07) is -1.86. The molecule has 98 valence electrons. The van der Waals surface area contributed by atoms with Gasteiger partial charge in [0.15, 0.2) is 6.04 Å². The second-order valence-corrected chi connectivity index (χ2v) is 3.90. The van der Waals surface area contributed by atoms with Gasteiger partial charge >= 0.3 is 12.0 Å². The third kappa shape index (κ3) is 5.01. The minimum atomic E-state index is -1.27. The van der Waals surface area contributed by atoms with Gasteiger partial charge < -0.3 is 25.6 Å². The van der Waals surface area contributed by atoms with Gasteiger partial charge in [0, 0.05) is 13.2 Å². The first kappa shape index (κ1) is 13.7. The summed E-state index contributed by atoms with van der Waals surface area (Å²) in [7, 11) is 0. The predicted octanol–water partition coefficient (Wildman–Crippen LogP) is -0.700. The molecule has 1 unspecified atom stereocenters. The number of nitrogens with one attached hydrogen (secondary N) is 2. The Hall–Kier alpha value is -1.34. The average molecular weight is 246 g/mol. The van der Waals surface area contributed by atoms with Gasteiger partial charge in [-0.15, -0.1) is 0 Å². The van der Waals surface area contributed by atoms with Gasteiger partial charge in [0.05, 0.1) is 12.7 Å². The highest BCUT2D eigenvalue weighted by Gasteiger charge is 2.19. The molecule has 0 aromatic carbocycles. The summed E-state index contributed by atoms with van der Waals surface area (Å²) in [6.45, 7) is 0.561. The molecule has 1 aliphatic heterocycles. The van der Waals surface area contributed by atoms with Crippen molar-refractivity contribution in [1.82, 2.24) is 10.6 Å². The molecule has 0 bridgehead atoms. The summed E-state index contributed by atoms with van der Waals surface area (Å²) in [5, 5.41) is 22.0. The Morgan fingerprint density at radius 2 is 2.24 bits per heavy atom. The van der Waals surface area contributed by atoms with Crippen LogP contribution in [0.15, 0.2) is 0 Å². The van der Waals surface area contributed by atoms with Crippen LogP contribution in [-0.4, -0.2) is 54.1 Å². The Morgan fingerprint density at radius 1 is 1.47 bits per heavy atom. The topological polar surface area (TPSA) is 108 Å². The summed E-state index contributed by atoms with van der Waals surface area (Å²) in [6.07, 6.45) is 2.94. The minimum absolute atomic E-state index is 0.184. The molecule has 1 saturated heterocycles. The number of carboxylic acids is 1. The summed E-state index contributed by atoms with van der Waals surface area (Å²) in [5.41, 5.74) is 0. The summed E-state index contributed by atoms with van der Waals surface area (Å²) < 4.78 is 5.37. The number of ether oxygens (including phenoxy) is 1. The highest BCUT2D eigenvalue weighted by Crippen LogP contribution is 2.14. The van der Waals surface area contributed by atoms with E-state index in [-0.39, 0.29) is 6.10 Å². The van der Waals surface area contributed by atoms with Crippen LogP contribution in [0.5, 0.6) is 0 Å². The van der Waals surface area contributed by atoms with Crippen LogP contribution < -0.4 is 10.6 Å². The fourth-order valence-corrected chi connectivity index (χ4v) is 1.61. The second kappa shape index (κ2) is 7.08. The normalized spacial score (nSPS) is 20.9. The maximum atomic E-state index is 11.3. The van der Waals surface area contributed by atoms with E-state index in [4.69, 9.17) is 14.9 Å². The molecule has 17 heavy (non-hydrogen) atoms. The lowest BCUT2D eigenvalue weighted by atomic mass is 10.2. The molecule has 0 aliphatic carbocycles. The number of aliphatic carboxylic acids is 1. The van der Waals surface area contributed by atoms with Gasteiger partial charge in [0.2, 0.25) is 0 Å². The van der Waals surface area contributed by atoms with Crippen molar-refractivity contribution >= 4 is 12.0 Å². The molecule has 7 nitrogen and oxygen atoms in total. The van der Waals surface area contributed by atoms with Gasteiger partial charge in [-0.05, 0) is 19.3 Å². The second-order valence-electron chi connectivity index (χ2n) is 3.90. The zero-order valence-electron chi connectivity index (χ0n) is 9.52. The van der Waals surface area contributed by atoms with Gasteiger partial charge in [-0.25, -0.2) is 9.59 Å². The van der Waals surface area contributed by atoms with Crippen molar-refractivity contribution in [3.05, 3.63) is 0 Å². The van der Waals surface area contributed by atoms with Crippen molar-refractivity contribution in [2.75, 3.05) is 19.8 Å². The lowest BCUT2D eigenvalue weighted by Crippen LogP contribution is -2.48. The van der Waals surface area contributed by atoms with Crippen molar-refractivity contribution < 1.29 is 24.5 Å². The van der Waals surface area contributed by atoms with E-state index in [1.165, 1.54) is 0 Å².